The molecule has 1 N–H and O–H groups in total. The lowest BCUT2D eigenvalue weighted by Crippen LogP contribution is -2.17. The highest BCUT2D eigenvalue weighted by molar-refractivity contribution is 7.12. The van der Waals surface area contributed by atoms with Crippen molar-refractivity contribution in [2.24, 2.45) is 5.92 Å². The molecule has 3 nitrogen and oxygen atoms in total. The average Bonchev–Trinajstić information content (AvgIpc) is 3.44. The van der Waals surface area contributed by atoms with Gasteiger partial charge in [-0.25, -0.2) is 4.79 Å². The molecule has 2 unspecified atom stereocenters. The van der Waals surface area contributed by atoms with Gasteiger partial charge in [0.05, 0.1) is 5.56 Å². The van der Waals surface area contributed by atoms with E-state index in [0.717, 1.165) is 30.6 Å². The van der Waals surface area contributed by atoms with Crippen molar-refractivity contribution < 1.29 is 9.52 Å². The third kappa shape index (κ3) is 4.32. The zero-order valence-electron chi connectivity index (χ0n) is 17.3. The van der Waals surface area contributed by atoms with Crippen LogP contribution in [0.15, 0.2) is 51.7 Å². The minimum Gasteiger partial charge on any atom is -0.507 e. The van der Waals surface area contributed by atoms with Crippen LogP contribution in [0.25, 0.3) is 0 Å². The molecule has 1 fully saturated rings. The van der Waals surface area contributed by atoms with Crippen LogP contribution in [0.5, 0.6) is 5.75 Å². The molecular weight excluding hydrogens is 380 g/mol. The van der Waals surface area contributed by atoms with E-state index in [4.69, 9.17) is 4.42 Å². The van der Waals surface area contributed by atoms with Crippen molar-refractivity contribution in [2.45, 2.75) is 58.3 Å². The van der Waals surface area contributed by atoms with Gasteiger partial charge in [0.15, 0.2) is 0 Å². The average molecular weight is 409 g/mol. The van der Waals surface area contributed by atoms with Gasteiger partial charge in [0.25, 0.3) is 0 Å². The lowest BCUT2D eigenvalue weighted by molar-refractivity contribution is 0.380. The SMILES string of the molecule is CCC(Cc1ccc(C)cc1)c1cc(O)c(C(c2ccc(C)s2)C2CC2)c(=O)o1. The van der Waals surface area contributed by atoms with Crippen LogP contribution in [0.4, 0.5) is 0 Å². The smallest absolute Gasteiger partial charge is 0.343 e. The molecule has 0 saturated heterocycles. The van der Waals surface area contributed by atoms with Crippen LogP contribution in [-0.4, -0.2) is 5.11 Å². The molecule has 29 heavy (non-hydrogen) atoms. The molecule has 0 aliphatic heterocycles. The second-order valence-electron chi connectivity index (χ2n) is 8.29. The Balaban J connectivity index is 1.67. The zero-order chi connectivity index (χ0) is 20.5. The van der Waals surface area contributed by atoms with Crippen LogP contribution in [0.3, 0.4) is 0 Å². The summed E-state index contributed by atoms with van der Waals surface area (Å²) in [4.78, 5) is 15.4. The van der Waals surface area contributed by atoms with Gasteiger partial charge in [-0.05, 0) is 63.1 Å². The topological polar surface area (TPSA) is 50.4 Å². The largest absolute Gasteiger partial charge is 0.507 e. The highest BCUT2D eigenvalue weighted by Gasteiger charge is 2.38. The summed E-state index contributed by atoms with van der Waals surface area (Å²) in [6.45, 7) is 6.23. The summed E-state index contributed by atoms with van der Waals surface area (Å²) in [7, 11) is 0. The Bertz CT molecular complexity index is 1040. The van der Waals surface area contributed by atoms with E-state index in [-0.39, 0.29) is 23.2 Å². The van der Waals surface area contributed by atoms with Crippen molar-refractivity contribution >= 4 is 11.3 Å². The van der Waals surface area contributed by atoms with E-state index in [2.05, 4.69) is 57.2 Å². The Hall–Kier alpha value is -2.33. The van der Waals surface area contributed by atoms with Gasteiger partial charge in [0.2, 0.25) is 0 Å². The first-order valence-electron chi connectivity index (χ1n) is 10.4. The van der Waals surface area contributed by atoms with Gasteiger partial charge in [0.1, 0.15) is 11.5 Å². The third-order valence-electron chi connectivity index (χ3n) is 5.96. The Morgan fingerprint density at radius 3 is 2.41 bits per heavy atom. The molecule has 0 spiro atoms. The van der Waals surface area contributed by atoms with Gasteiger partial charge in [0, 0.05) is 27.7 Å². The number of hydrogen-bond acceptors (Lipinski definition) is 4. The van der Waals surface area contributed by atoms with Crippen LogP contribution >= 0.6 is 11.3 Å². The lowest BCUT2D eigenvalue weighted by atomic mass is 9.90. The van der Waals surface area contributed by atoms with Crippen LogP contribution < -0.4 is 5.63 Å². The van der Waals surface area contributed by atoms with Crippen LogP contribution in [0.2, 0.25) is 0 Å². The molecule has 0 amide bonds. The van der Waals surface area contributed by atoms with E-state index in [1.807, 2.05) is 0 Å². The molecule has 2 atom stereocenters. The van der Waals surface area contributed by atoms with E-state index in [0.29, 0.717) is 17.2 Å². The second-order valence-corrected chi connectivity index (χ2v) is 9.61. The van der Waals surface area contributed by atoms with E-state index < -0.39 is 0 Å². The molecule has 1 aliphatic carbocycles. The van der Waals surface area contributed by atoms with Gasteiger partial charge >= 0.3 is 5.63 Å². The monoisotopic (exact) mass is 408 g/mol. The highest BCUT2D eigenvalue weighted by Crippen LogP contribution is 2.49. The highest BCUT2D eigenvalue weighted by atomic mass is 32.1. The molecule has 2 heterocycles. The van der Waals surface area contributed by atoms with E-state index in [1.54, 1.807) is 17.4 Å². The first kappa shape index (κ1) is 20.0. The maximum absolute atomic E-state index is 13.0. The number of benzene rings is 1. The minimum absolute atomic E-state index is 0.0591. The molecule has 2 aromatic heterocycles. The number of aryl methyl sites for hydroxylation is 2. The first-order chi connectivity index (χ1) is 14.0. The van der Waals surface area contributed by atoms with Crippen LogP contribution in [0, 0.1) is 19.8 Å². The van der Waals surface area contributed by atoms with E-state index in [9.17, 15) is 9.90 Å². The summed E-state index contributed by atoms with van der Waals surface area (Å²) in [5, 5.41) is 10.9. The lowest BCUT2D eigenvalue weighted by Gasteiger charge is -2.18. The fourth-order valence-electron chi connectivity index (χ4n) is 4.11. The summed E-state index contributed by atoms with van der Waals surface area (Å²) >= 11 is 1.70. The number of thiophene rings is 1. The van der Waals surface area contributed by atoms with Gasteiger partial charge in [-0.15, -0.1) is 11.3 Å². The summed E-state index contributed by atoms with van der Waals surface area (Å²) in [6, 6.07) is 14.3. The molecular formula is C25H28O3S. The maximum atomic E-state index is 13.0. The van der Waals surface area contributed by atoms with Crippen LogP contribution in [-0.2, 0) is 6.42 Å². The Kier molecular flexibility index (Phi) is 5.64. The van der Waals surface area contributed by atoms with Crippen LogP contribution in [0.1, 0.15) is 70.2 Å². The summed E-state index contributed by atoms with van der Waals surface area (Å²) in [5.74, 6) is 1.09. The van der Waals surface area contributed by atoms with Crippen molar-refractivity contribution in [1.29, 1.82) is 0 Å². The predicted octanol–water partition coefficient (Wildman–Crippen LogP) is 6.30. The van der Waals surface area contributed by atoms with Crippen molar-refractivity contribution in [3.05, 3.63) is 85.1 Å². The van der Waals surface area contributed by atoms with E-state index in [1.165, 1.54) is 16.0 Å². The first-order valence-corrected chi connectivity index (χ1v) is 11.3. The van der Waals surface area contributed by atoms with E-state index >= 15 is 0 Å². The van der Waals surface area contributed by atoms with Crippen molar-refractivity contribution in [2.75, 3.05) is 0 Å². The quantitative estimate of drug-likeness (QED) is 0.499. The molecule has 1 saturated carbocycles. The number of rotatable bonds is 7. The second kappa shape index (κ2) is 8.19. The molecule has 4 heteroatoms. The molecule has 0 bridgehead atoms. The van der Waals surface area contributed by atoms with Gasteiger partial charge in [-0.2, -0.15) is 0 Å². The third-order valence-corrected chi connectivity index (χ3v) is 7.04. The van der Waals surface area contributed by atoms with Gasteiger partial charge in [-0.1, -0.05) is 36.8 Å². The van der Waals surface area contributed by atoms with Crippen molar-refractivity contribution in [3.63, 3.8) is 0 Å². The molecule has 152 valence electrons. The van der Waals surface area contributed by atoms with Gasteiger partial charge in [-0.3, -0.25) is 0 Å². The minimum atomic E-state index is -0.384. The molecule has 0 radical (unpaired) electrons. The maximum Gasteiger partial charge on any atom is 0.343 e. The Morgan fingerprint density at radius 2 is 1.86 bits per heavy atom. The number of hydrogen-bond donors (Lipinski definition) is 1. The normalized spacial score (nSPS) is 16.0. The van der Waals surface area contributed by atoms with Gasteiger partial charge < -0.3 is 9.52 Å². The Labute approximate surface area is 176 Å². The molecule has 1 aliphatic rings. The molecule has 3 aromatic rings. The standard InChI is InChI=1S/C25H28O3S/c1-4-18(13-17-8-5-15(2)6-9-17)21-14-20(26)24(25(27)28-21)23(19-10-11-19)22-12-7-16(3)29-22/h5-9,12,14,18-19,23,26H,4,10-11,13H2,1-3H3. The summed E-state index contributed by atoms with van der Waals surface area (Å²) < 4.78 is 5.81. The van der Waals surface area contributed by atoms with Crippen molar-refractivity contribution in [3.8, 4) is 5.75 Å². The fourth-order valence-corrected chi connectivity index (χ4v) is 5.19. The zero-order valence-corrected chi connectivity index (χ0v) is 18.1. The number of aromatic hydroxyl groups is 1. The summed E-state index contributed by atoms with van der Waals surface area (Å²) in [6.07, 6.45) is 3.81. The molecule has 1 aromatic carbocycles. The summed E-state index contributed by atoms with van der Waals surface area (Å²) in [5.41, 5.74) is 2.48. The Morgan fingerprint density at radius 1 is 1.14 bits per heavy atom. The fraction of sp³-hybridized carbons (Fsp3) is 0.400. The predicted molar refractivity (Wildman–Crippen MR) is 118 cm³/mol. The van der Waals surface area contributed by atoms with Crippen molar-refractivity contribution in [1.82, 2.24) is 0 Å². The molecule has 4 rings (SSSR count).